The van der Waals surface area contributed by atoms with Crippen LogP contribution in [-0.2, 0) is 0 Å². The van der Waals surface area contributed by atoms with Gasteiger partial charge in [0.2, 0.25) is 0 Å². The van der Waals surface area contributed by atoms with Gasteiger partial charge in [-0.2, -0.15) is 0 Å². The number of hydrogen-bond donors (Lipinski definition) is 0. The number of hydrogen-bond acceptors (Lipinski definition) is 1. The minimum Gasteiger partial charge on any atom is -0.299 e. The second kappa shape index (κ2) is 2.07. The van der Waals surface area contributed by atoms with Gasteiger partial charge in [-0.1, -0.05) is 0 Å². The molecule has 1 radical (unpaired) electrons. The lowest BCUT2D eigenvalue weighted by molar-refractivity contribution is 1.30. The van der Waals surface area contributed by atoms with Crippen LogP contribution < -0.4 is 0 Å². The van der Waals surface area contributed by atoms with Crippen molar-refractivity contribution < 1.29 is 0 Å². The first-order chi connectivity index (χ1) is 3.43. The molecular formula is C5H6NS. The molecular weight excluding hydrogens is 106 g/mol. The average Bonchev–Trinajstić information content (AvgIpc) is 2.14. The van der Waals surface area contributed by atoms with Gasteiger partial charge in [0, 0.05) is 18.6 Å². The number of nitrogens with zero attached hydrogens (tertiary/aromatic N) is 1. The standard InChI is InChI=1S/C5H6NS/c1-7-6-4-2-3-5-6/h2-5H,1H2. The van der Waals surface area contributed by atoms with E-state index in [4.69, 9.17) is 0 Å². The molecule has 0 unspecified atom stereocenters. The summed E-state index contributed by atoms with van der Waals surface area (Å²) in [5.74, 6) is 0. The summed E-state index contributed by atoms with van der Waals surface area (Å²) in [5, 5.41) is 0. The second-order valence-corrected chi connectivity index (χ2v) is 1.85. The summed E-state index contributed by atoms with van der Waals surface area (Å²) in [6.07, 6.45) is 7.52. The molecule has 0 aromatic carbocycles. The first kappa shape index (κ1) is 4.78. The van der Waals surface area contributed by atoms with Crippen molar-refractivity contribution in [2.24, 2.45) is 0 Å². The summed E-state index contributed by atoms with van der Waals surface area (Å²) in [7, 11) is 0. The molecule has 7 heavy (non-hydrogen) atoms. The third kappa shape index (κ3) is 0.996. The van der Waals surface area contributed by atoms with Crippen molar-refractivity contribution in [1.82, 2.24) is 3.97 Å². The van der Waals surface area contributed by atoms with Gasteiger partial charge in [0.25, 0.3) is 0 Å². The van der Waals surface area contributed by atoms with Crippen LogP contribution in [0.5, 0.6) is 0 Å². The summed E-state index contributed by atoms with van der Waals surface area (Å²) in [6, 6.07) is 3.94. The summed E-state index contributed by atoms with van der Waals surface area (Å²) in [6.45, 7) is 0. The maximum absolute atomic E-state index is 3.61. The van der Waals surface area contributed by atoms with E-state index in [0.717, 1.165) is 0 Å². The molecule has 0 atom stereocenters. The van der Waals surface area contributed by atoms with E-state index >= 15 is 0 Å². The monoisotopic (exact) mass is 112 g/mol. The summed E-state index contributed by atoms with van der Waals surface area (Å²) in [5.41, 5.74) is 0. The van der Waals surface area contributed by atoms with Crippen LogP contribution in [0.2, 0.25) is 0 Å². The van der Waals surface area contributed by atoms with Gasteiger partial charge in [0.05, 0.1) is 0 Å². The van der Waals surface area contributed by atoms with Gasteiger partial charge in [-0.25, -0.2) is 0 Å². The highest BCUT2D eigenvalue weighted by Gasteiger charge is 1.76. The lowest BCUT2D eigenvalue weighted by Crippen LogP contribution is -1.71. The molecule has 0 spiro atoms. The van der Waals surface area contributed by atoms with Gasteiger partial charge in [0.1, 0.15) is 0 Å². The highest BCUT2D eigenvalue weighted by atomic mass is 32.2. The van der Waals surface area contributed by atoms with Gasteiger partial charge in [-0.05, 0) is 24.1 Å². The molecule has 37 valence electrons. The van der Waals surface area contributed by atoms with Crippen molar-refractivity contribution in [3.05, 3.63) is 30.8 Å². The molecule has 0 bridgehead atoms. The molecule has 0 aliphatic rings. The first-order valence-corrected chi connectivity index (χ1v) is 2.93. The minimum atomic E-state index is 1.44. The zero-order chi connectivity index (χ0) is 5.11. The Morgan fingerprint density at radius 2 is 1.86 bits per heavy atom. The molecule has 0 saturated heterocycles. The molecule has 1 rings (SSSR count). The lowest BCUT2D eigenvalue weighted by Gasteiger charge is -1.88. The molecule has 0 saturated carbocycles. The van der Waals surface area contributed by atoms with E-state index in [-0.39, 0.29) is 0 Å². The Hall–Kier alpha value is -0.370. The smallest absolute Gasteiger partial charge is 0.0245 e. The Bertz CT molecular complexity index is 123. The van der Waals surface area contributed by atoms with Crippen molar-refractivity contribution in [2.45, 2.75) is 0 Å². The Kier molecular flexibility index (Phi) is 1.42. The van der Waals surface area contributed by atoms with Gasteiger partial charge >= 0.3 is 0 Å². The zero-order valence-corrected chi connectivity index (χ0v) is 4.69. The number of rotatable bonds is 1. The SMILES string of the molecule is [CH2]Sn1cccc1. The lowest BCUT2D eigenvalue weighted by atomic mass is 10.7. The molecule has 1 heterocycles. The largest absolute Gasteiger partial charge is 0.299 e. The predicted octanol–water partition coefficient (Wildman–Crippen LogP) is 1.78. The quantitative estimate of drug-likeness (QED) is 0.536. The zero-order valence-electron chi connectivity index (χ0n) is 3.87. The van der Waals surface area contributed by atoms with E-state index in [1.807, 2.05) is 28.5 Å². The normalized spacial score (nSPS) is 9.29. The van der Waals surface area contributed by atoms with Crippen molar-refractivity contribution in [1.29, 1.82) is 0 Å². The van der Waals surface area contributed by atoms with Crippen LogP contribution in [0, 0.1) is 6.26 Å². The Morgan fingerprint density at radius 1 is 1.29 bits per heavy atom. The van der Waals surface area contributed by atoms with Gasteiger partial charge in [-0.15, -0.1) is 0 Å². The molecule has 0 N–H and O–H groups in total. The fraction of sp³-hybridized carbons (Fsp3) is 0. The fourth-order valence-electron chi connectivity index (χ4n) is 0.405. The van der Waals surface area contributed by atoms with Gasteiger partial charge < -0.3 is 0 Å². The van der Waals surface area contributed by atoms with Crippen LogP contribution in [0.4, 0.5) is 0 Å². The first-order valence-electron chi connectivity index (χ1n) is 1.99. The summed E-state index contributed by atoms with van der Waals surface area (Å²) >= 11 is 1.44. The van der Waals surface area contributed by atoms with Crippen LogP contribution >= 0.6 is 11.9 Å². The highest BCUT2D eigenvalue weighted by Crippen LogP contribution is 2.00. The maximum atomic E-state index is 3.61. The maximum Gasteiger partial charge on any atom is 0.0245 e. The van der Waals surface area contributed by atoms with E-state index in [9.17, 15) is 0 Å². The second-order valence-electron chi connectivity index (χ2n) is 1.17. The number of aromatic nitrogens is 1. The Balaban J connectivity index is 2.76. The van der Waals surface area contributed by atoms with Crippen LogP contribution in [0.15, 0.2) is 24.5 Å². The van der Waals surface area contributed by atoms with Crippen LogP contribution in [0.25, 0.3) is 0 Å². The molecule has 2 heteroatoms. The highest BCUT2D eigenvalue weighted by molar-refractivity contribution is 7.98. The van der Waals surface area contributed by atoms with Crippen LogP contribution in [-0.4, -0.2) is 3.97 Å². The topological polar surface area (TPSA) is 4.93 Å². The van der Waals surface area contributed by atoms with Crippen LogP contribution in [0.3, 0.4) is 0 Å². The van der Waals surface area contributed by atoms with E-state index in [1.54, 1.807) is 0 Å². The molecule has 0 aliphatic carbocycles. The molecule has 0 aliphatic heterocycles. The van der Waals surface area contributed by atoms with Crippen molar-refractivity contribution >= 4 is 11.9 Å². The molecule has 1 aromatic heterocycles. The van der Waals surface area contributed by atoms with E-state index in [2.05, 4.69) is 6.26 Å². The van der Waals surface area contributed by atoms with Crippen molar-refractivity contribution in [3.8, 4) is 0 Å². The van der Waals surface area contributed by atoms with Crippen LogP contribution in [0.1, 0.15) is 0 Å². The molecule has 1 aromatic rings. The summed E-state index contributed by atoms with van der Waals surface area (Å²) in [4.78, 5) is 0. The van der Waals surface area contributed by atoms with E-state index in [1.165, 1.54) is 11.9 Å². The predicted molar refractivity (Wildman–Crippen MR) is 32.8 cm³/mol. The molecule has 0 fully saturated rings. The third-order valence-corrected chi connectivity index (χ3v) is 1.27. The average molecular weight is 112 g/mol. The van der Waals surface area contributed by atoms with Crippen molar-refractivity contribution in [2.75, 3.05) is 0 Å². The van der Waals surface area contributed by atoms with E-state index in [0.29, 0.717) is 0 Å². The molecule has 1 nitrogen and oxygen atoms in total. The Morgan fingerprint density at radius 3 is 2.14 bits per heavy atom. The van der Waals surface area contributed by atoms with Gasteiger partial charge in [-0.3, -0.25) is 3.97 Å². The third-order valence-electron chi connectivity index (χ3n) is 0.726. The molecule has 0 amide bonds. The Labute approximate surface area is 47.5 Å². The van der Waals surface area contributed by atoms with E-state index < -0.39 is 0 Å². The fourth-order valence-corrected chi connectivity index (χ4v) is 0.717. The summed E-state index contributed by atoms with van der Waals surface area (Å²) < 4.78 is 1.93. The van der Waals surface area contributed by atoms with Crippen molar-refractivity contribution in [3.63, 3.8) is 0 Å². The minimum absolute atomic E-state index is 1.44. The van der Waals surface area contributed by atoms with Gasteiger partial charge in [0.15, 0.2) is 0 Å².